The van der Waals surface area contributed by atoms with Gasteiger partial charge in [0.15, 0.2) is 0 Å². The van der Waals surface area contributed by atoms with E-state index in [-0.39, 0.29) is 5.56 Å². The number of hydrogen-bond donors (Lipinski definition) is 0. The maximum Gasteiger partial charge on any atom is 0.261 e. The van der Waals surface area contributed by atoms with Crippen molar-refractivity contribution in [2.75, 3.05) is 6.61 Å². The molecule has 0 amide bonds. The van der Waals surface area contributed by atoms with Crippen LogP contribution in [0, 0.1) is 0 Å². The van der Waals surface area contributed by atoms with E-state index in [0.717, 1.165) is 17.7 Å². The average Bonchev–Trinajstić information content (AvgIpc) is 2.55. The summed E-state index contributed by atoms with van der Waals surface area (Å²) in [7, 11) is 0. The number of aryl methyl sites for hydroxylation is 1. The van der Waals surface area contributed by atoms with E-state index in [9.17, 15) is 4.79 Å². The van der Waals surface area contributed by atoms with Crippen LogP contribution in [0.15, 0.2) is 65.7 Å². The summed E-state index contributed by atoms with van der Waals surface area (Å²) in [6.45, 7) is 1.17. The Morgan fingerprint density at radius 1 is 1.00 bits per heavy atom. The summed E-state index contributed by atoms with van der Waals surface area (Å²) in [4.78, 5) is 16.6. The van der Waals surface area contributed by atoms with Crippen molar-refractivity contribution in [2.24, 2.45) is 0 Å². The van der Waals surface area contributed by atoms with Gasteiger partial charge in [-0.1, -0.05) is 30.3 Å². The Bertz CT molecular complexity index is 781. The van der Waals surface area contributed by atoms with Crippen LogP contribution < -0.4 is 10.3 Å². The Kier molecular flexibility index (Phi) is 3.96. The third-order valence-corrected chi connectivity index (χ3v) is 3.29. The van der Waals surface area contributed by atoms with Crippen LogP contribution in [0.4, 0.5) is 0 Å². The molecule has 4 heteroatoms. The first-order valence-corrected chi connectivity index (χ1v) is 6.96. The van der Waals surface area contributed by atoms with Gasteiger partial charge in [0, 0.05) is 6.54 Å². The summed E-state index contributed by atoms with van der Waals surface area (Å²) in [5, 5.41) is 0.656. The number of fused-ring (bicyclic) bond motifs is 1. The zero-order valence-corrected chi connectivity index (χ0v) is 11.6. The summed E-state index contributed by atoms with van der Waals surface area (Å²) in [5.41, 5.74) is 0.736. The molecule has 0 N–H and O–H groups in total. The first-order valence-electron chi connectivity index (χ1n) is 6.96. The third-order valence-electron chi connectivity index (χ3n) is 3.29. The molecule has 106 valence electrons. The van der Waals surface area contributed by atoms with Gasteiger partial charge >= 0.3 is 0 Å². The molecule has 1 aromatic heterocycles. The van der Waals surface area contributed by atoms with E-state index < -0.39 is 0 Å². The summed E-state index contributed by atoms with van der Waals surface area (Å²) in [6.07, 6.45) is 2.36. The van der Waals surface area contributed by atoms with Gasteiger partial charge in [0.1, 0.15) is 5.75 Å². The molecule has 0 unspecified atom stereocenters. The molecule has 0 bridgehead atoms. The predicted molar refractivity (Wildman–Crippen MR) is 82.6 cm³/mol. The lowest BCUT2D eigenvalue weighted by Crippen LogP contribution is -2.21. The van der Waals surface area contributed by atoms with Crippen LogP contribution >= 0.6 is 0 Å². The van der Waals surface area contributed by atoms with Crippen LogP contribution in [0.2, 0.25) is 0 Å². The van der Waals surface area contributed by atoms with Crippen molar-refractivity contribution in [3.8, 4) is 5.75 Å². The van der Waals surface area contributed by atoms with Gasteiger partial charge in [0.2, 0.25) is 0 Å². The molecule has 0 atom stereocenters. The highest BCUT2D eigenvalue weighted by Crippen LogP contribution is 2.09. The second kappa shape index (κ2) is 6.22. The number of ether oxygens (including phenoxy) is 1. The largest absolute Gasteiger partial charge is 0.494 e. The number of nitrogens with zero attached hydrogens (tertiary/aromatic N) is 2. The fraction of sp³-hybridized carbons (Fsp3) is 0.176. The molecule has 1 heterocycles. The van der Waals surface area contributed by atoms with Crippen LogP contribution in [-0.2, 0) is 6.54 Å². The van der Waals surface area contributed by atoms with E-state index >= 15 is 0 Å². The van der Waals surface area contributed by atoms with Crippen LogP contribution in [0.5, 0.6) is 5.75 Å². The zero-order chi connectivity index (χ0) is 14.5. The molecule has 0 spiro atoms. The van der Waals surface area contributed by atoms with Crippen molar-refractivity contribution in [1.82, 2.24) is 9.55 Å². The quantitative estimate of drug-likeness (QED) is 0.675. The minimum absolute atomic E-state index is 0.000288. The van der Waals surface area contributed by atoms with Crippen LogP contribution in [-0.4, -0.2) is 16.2 Å². The number of benzene rings is 2. The van der Waals surface area contributed by atoms with Crippen molar-refractivity contribution in [1.29, 1.82) is 0 Å². The van der Waals surface area contributed by atoms with Crippen LogP contribution in [0.25, 0.3) is 10.9 Å². The van der Waals surface area contributed by atoms with E-state index in [0.29, 0.717) is 18.5 Å². The molecule has 0 aliphatic heterocycles. The SMILES string of the molecule is O=c1c2ccccc2ncn1CCCOc1ccccc1. The van der Waals surface area contributed by atoms with Crippen molar-refractivity contribution in [2.45, 2.75) is 13.0 Å². The van der Waals surface area contributed by atoms with Crippen LogP contribution in [0.1, 0.15) is 6.42 Å². The van der Waals surface area contributed by atoms with Crippen molar-refractivity contribution in [3.63, 3.8) is 0 Å². The summed E-state index contributed by atoms with van der Waals surface area (Å²) >= 11 is 0. The maximum absolute atomic E-state index is 12.3. The average molecular weight is 280 g/mol. The lowest BCUT2D eigenvalue weighted by molar-refractivity contribution is 0.301. The van der Waals surface area contributed by atoms with Crippen molar-refractivity contribution < 1.29 is 4.74 Å². The lowest BCUT2D eigenvalue weighted by Gasteiger charge is -2.08. The summed E-state index contributed by atoms with van der Waals surface area (Å²) in [5.74, 6) is 0.849. The molecule has 3 rings (SSSR count). The van der Waals surface area contributed by atoms with Gasteiger partial charge in [-0.25, -0.2) is 4.98 Å². The van der Waals surface area contributed by atoms with E-state index in [4.69, 9.17) is 4.74 Å². The fourth-order valence-electron chi connectivity index (χ4n) is 2.21. The van der Waals surface area contributed by atoms with Gasteiger partial charge in [0.05, 0.1) is 23.8 Å². The minimum atomic E-state index is 0.000288. The Morgan fingerprint density at radius 2 is 1.76 bits per heavy atom. The standard InChI is InChI=1S/C17H16N2O2/c20-17-15-9-4-5-10-16(15)18-13-19(17)11-6-12-21-14-7-2-1-3-8-14/h1-5,7-10,13H,6,11-12H2. The number of rotatable bonds is 5. The Balaban J connectivity index is 1.63. The van der Waals surface area contributed by atoms with E-state index in [2.05, 4.69) is 4.98 Å². The van der Waals surface area contributed by atoms with Gasteiger partial charge in [-0.15, -0.1) is 0 Å². The number of para-hydroxylation sites is 2. The lowest BCUT2D eigenvalue weighted by atomic mass is 10.2. The molecule has 3 aromatic rings. The molecule has 0 aliphatic carbocycles. The normalized spacial score (nSPS) is 10.7. The minimum Gasteiger partial charge on any atom is -0.494 e. The molecular formula is C17H16N2O2. The number of aromatic nitrogens is 2. The van der Waals surface area contributed by atoms with Gasteiger partial charge in [-0.2, -0.15) is 0 Å². The second-order valence-electron chi connectivity index (χ2n) is 4.78. The Labute approximate surface area is 122 Å². The zero-order valence-electron chi connectivity index (χ0n) is 11.6. The van der Waals surface area contributed by atoms with Gasteiger partial charge in [-0.3, -0.25) is 9.36 Å². The highest BCUT2D eigenvalue weighted by Gasteiger charge is 2.03. The fourth-order valence-corrected chi connectivity index (χ4v) is 2.21. The number of hydrogen-bond acceptors (Lipinski definition) is 3. The topological polar surface area (TPSA) is 44.1 Å². The van der Waals surface area contributed by atoms with E-state index in [1.165, 1.54) is 0 Å². The molecule has 0 fully saturated rings. The summed E-state index contributed by atoms with van der Waals surface area (Å²) < 4.78 is 7.25. The first-order chi connectivity index (χ1) is 10.3. The van der Waals surface area contributed by atoms with Crippen LogP contribution in [0.3, 0.4) is 0 Å². The molecule has 0 saturated heterocycles. The molecule has 2 aromatic carbocycles. The Morgan fingerprint density at radius 3 is 2.62 bits per heavy atom. The Hall–Kier alpha value is -2.62. The third kappa shape index (κ3) is 3.11. The second-order valence-corrected chi connectivity index (χ2v) is 4.78. The van der Waals surface area contributed by atoms with Crippen molar-refractivity contribution >= 4 is 10.9 Å². The highest BCUT2D eigenvalue weighted by molar-refractivity contribution is 5.76. The summed E-state index contributed by atoms with van der Waals surface area (Å²) in [6, 6.07) is 17.1. The molecule has 0 aliphatic rings. The van der Waals surface area contributed by atoms with Gasteiger partial charge in [0.25, 0.3) is 5.56 Å². The molecule has 0 saturated carbocycles. The molecule has 21 heavy (non-hydrogen) atoms. The molecular weight excluding hydrogens is 264 g/mol. The monoisotopic (exact) mass is 280 g/mol. The first kappa shape index (κ1) is 13.4. The van der Waals surface area contributed by atoms with E-state index in [1.54, 1.807) is 10.9 Å². The smallest absolute Gasteiger partial charge is 0.261 e. The van der Waals surface area contributed by atoms with Crippen molar-refractivity contribution in [3.05, 3.63) is 71.3 Å². The predicted octanol–water partition coefficient (Wildman–Crippen LogP) is 2.87. The van der Waals surface area contributed by atoms with E-state index in [1.807, 2.05) is 54.6 Å². The van der Waals surface area contributed by atoms with Gasteiger partial charge in [-0.05, 0) is 30.7 Å². The molecule has 0 radical (unpaired) electrons. The van der Waals surface area contributed by atoms with Gasteiger partial charge < -0.3 is 4.74 Å². The maximum atomic E-state index is 12.3. The highest BCUT2D eigenvalue weighted by atomic mass is 16.5. The molecule has 4 nitrogen and oxygen atoms in total.